The van der Waals surface area contributed by atoms with Crippen molar-refractivity contribution in [1.82, 2.24) is 10.6 Å². The standard InChI is InChI=1S/C10H20N2O3/c1-8-5-12-6-9(15-8)7-14-4-3-10(13)11-2/h8-9,12H,3-7H2,1-2H3,(H,11,13). The van der Waals surface area contributed by atoms with Gasteiger partial charge in [0.05, 0.1) is 25.4 Å². The van der Waals surface area contributed by atoms with Crippen LogP contribution >= 0.6 is 0 Å². The highest BCUT2D eigenvalue weighted by Gasteiger charge is 2.18. The van der Waals surface area contributed by atoms with Gasteiger partial charge in [-0.05, 0) is 6.92 Å². The van der Waals surface area contributed by atoms with Crippen LogP contribution in [0.25, 0.3) is 0 Å². The van der Waals surface area contributed by atoms with Crippen LogP contribution in [0.1, 0.15) is 13.3 Å². The summed E-state index contributed by atoms with van der Waals surface area (Å²) in [5.41, 5.74) is 0. The summed E-state index contributed by atoms with van der Waals surface area (Å²) in [5.74, 6) is 0.00561. The lowest BCUT2D eigenvalue weighted by Gasteiger charge is -2.28. The van der Waals surface area contributed by atoms with E-state index in [0.29, 0.717) is 19.6 Å². The molecule has 0 aromatic heterocycles. The SMILES string of the molecule is CNC(=O)CCOCC1CNCC(C)O1. The van der Waals surface area contributed by atoms with E-state index >= 15 is 0 Å². The zero-order chi connectivity index (χ0) is 11.1. The molecule has 0 bridgehead atoms. The van der Waals surface area contributed by atoms with Crippen LogP contribution < -0.4 is 10.6 Å². The van der Waals surface area contributed by atoms with Gasteiger partial charge in [-0.2, -0.15) is 0 Å². The molecule has 1 saturated heterocycles. The molecule has 1 fully saturated rings. The van der Waals surface area contributed by atoms with E-state index in [2.05, 4.69) is 10.6 Å². The zero-order valence-electron chi connectivity index (χ0n) is 9.41. The normalized spacial score (nSPS) is 26.3. The molecule has 1 rings (SSSR count). The minimum absolute atomic E-state index is 0.00561. The van der Waals surface area contributed by atoms with Gasteiger partial charge in [-0.1, -0.05) is 0 Å². The van der Waals surface area contributed by atoms with E-state index < -0.39 is 0 Å². The van der Waals surface area contributed by atoms with Gasteiger partial charge < -0.3 is 20.1 Å². The average Bonchev–Trinajstić information content (AvgIpc) is 2.24. The topological polar surface area (TPSA) is 59.6 Å². The first kappa shape index (κ1) is 12.4. The molecule has 0 aromatic rings. The van der Waals surface area contributed by atoms with Gasteiger partial charge >= 0.3 is 0 Å². The van der Waals surface area contributed by atoms with Crippen LogP contribution in [-0.2, 0) is 14.3 Å². The molecule has 1 heterocycles. The summed E-state index contributed by atoms with van der Waals surface area (Å²) in [4.78, 5) is 10.9. The summed E-state index contributed by atoms with van der Waals surface area (Å²) in [6.45, 7) is 4.75. The fourth-order valence-electron chi connectivity index (χ4n) is 1.48. The molecule has 2 atom stereocenters. The maximum Gasteiger partial charge on any atom is 0.222 e. The third-order valence-electron chi connectivity index (χ3n) is 2.28. The van der Waals surface area contributed by atoms with Crippen LogP contribution in [0.4, 0.5) is 0 Å². The van der Waals surface area contributed by atoms with E-state index in [1.54, 1.807) is 7.05 Å². The second kappa shape index (κ2) is 6.76. The Morgan fingerprint density at radius 2 is 2.40 bits per heavy atom. The zero-order valence-corrected chi connectivity index (χ0v) is 9.41. The Balaban J connectivity index is 2.02. The Hall–Kier alpha value is -0.650. The molecule has 5 nitrogen and oxygen atoms in total. The molecule has 0 saturated carbocycles. The van der Waals surface area contributed by atoms with E-state index in [4.69, 9.17) is 9.47 Å². The summed E-state index contributed by atoms with van der Waals surface area (Å²) in [6.07, 6.45) is 0.761. The number of ether oxygens (including phenoxy) is 2. The average molecular weight is 216 g/mol. The third-order valence-corrected chi connectivity index (χ3v) is 2.28. The maximum absolute atomic E-state index is 10.9. The minimum Gasteiger partial charge on any atom is -0.378 e. The smallest absolute Gasteiger partial charge is 0.222 e. The van der Waals surface area contributed by atoms with E-state index in [9.17, 15) is 4.79 Å². The minimum atomic E-state index is 0.00561. The fourth-order valence-corrected chi connectivity index (χ4v) is 1.48. The molecular weight excluding hydrogens is 196 g/mol. The van der Waals surface area contributed by atoms with E-state index in [1.807, 2.05) is 6.92 Å². The first-order valence-electron chi connectivity index (χ1n) is 5.37. The highest BCUT2D eigenvalue weighted by atomic mass is 16.5. The first-order chi connectivity index (χ1) is 7.22. The molecule has 1 aliphatic rings. The number of amides is 1. The van der Waals surface area contributed by atoms with E-state index in [-0.39, 0.29) is 18.1 Å². The first-order valence-corrected chi connectivity index (χ1v) is 5.37. The summed E-state index contributed by atoms with van der Waals surface area (Å²) in [6, 6.07) is 0. The summed E-state index contributed by atoms with van der Waals surface area (Å²) in [7, 11) is 1.62. The Morgan fingerprint density at radius 1 is 1.60 bits per heavy atom. The number of rotatable bonds is 5. The van der Waals surface area contributed by atoms with E-state index in [1.165, 1.54) is 0 Å². The van der Waals surface area contributed by atoms with Gasteiger partial charge in [0.15, 0.2) is 0 Å². The van der Waals surface area contributed by atoms with Gasteiger partial charge in [-0.15, -0.1) is 0 Å². The quantitative estimate of drug-likeness (QED) is 0.609. The highest BCUT2D eigenvalue weighted by Crippen LogP contribution is 2.03. The van der Waals surface area contributed by atoms with Crippen LogP contribution in [0.15, 0.2) is 0 Å². The second-order valence-corrected chi connectivity index (χ2v) is 3.73. The monoisotopic (exact) mass is 216 g/mol. The van der Waals surface area contributed by atoms with Gasteiger partial charge in [0.25, 0.3) is 0 Å². The molecule has 2 N–H and O–H groups in total. The number of carbonyl (C=O) groups excluding carboxylic acids is 1. The molecule has 15 heavy (non-hydrogen) atoms. The molecule has 0 aliphatic carbocycles. The highest BCUT2D eigenvalue weighted by molar-refractivity contribution is 5.75. The summed E-state index contributed by atoms with van der Waals surface area (Å²) < 4.78 is 11.0. The number of hydrogen-bond acceptors (Lipinski definition) is 4. The van der Waals surface area contributed by atoms with Crippen molar-refractivity contribution in [3.63, 3.8) is 0 Å². The van der Waals surface area contributed by atoms with Crippen LogP contribution in [0.3, 0.4) is 0 Å². The van der Waals surface area contributed by atoms with Crippen LogP contribution in [0.5, 0.6) is 0 Å². The Bertz CT molecular complexity index is 199. The van der Waals surface area contributed by atoms with Crippen molar-refractivity contribution in [2.45, 2.75) is 25.6 Å². The van der Waals surface area contributed by atoms with Crippen molar-refractivity contribution in [3.8, 4) is 0 Å². The Labute approximate surface area is 90.5 Å². The number of hydrogen-bond donors (Lipinski definition) is 2. The van der Waals surface area contributed by atoms with Gasteiger partial charge in [0.1, 0.15) is 0 Å². The molecule has 1 amide bonds. The predicted octanol–water partition coefficient (Wildman–Crippen LogP) is -0.484. The van der Waals surface area contributed by atoms with Crippen molar-refractivity contribution in [2.24, 2.45) is 0 Å². The van der Waals surface area contributed by atoms with Crippen molar-refractivity contribution in [1.29, 1.82) is 0 Å². The molecule has 1 aliphatic heterocycles. The summed E-state index contributed by atoms with van der Waals surface area (Å²) >= 11 is 0. The van der Waals surface area contributed by atoms with Crippen LogP contribution in [-0.4, -0.2) is 51.5 Å². The van der Waals surface area contributed by atoms with E-state index in [0.717, 1.165) is 13.1 Å². The molecule has 0 spiro atoms. The van der Waals surface area contributed by atoms with Gasteiger partial charge in [-0.3, -0.25) is 4.79 Å². The maximum atomic E-state index is 10.9. The Kier molecular flexibility index (Phi) is 5.60. The lowest BCUT2D eigenvalue weighted by atomic mass is 10.2. The fraction of sp³-hybridized carbons (Fsp3) is 0.900. The van der Waals surface area contributed by atoms with Crippen molar-refractivity contribution in [3.05, 3.63) is 0 Å². The number of morpholine rings is 1. The lowest BCUT2D eigenvalue weighted by Crippen LogP contribution is -2.45. The van der Waals surface area contributed by atoms with Gasteiger partial charge in [0.2, 0.25) is 5.91 Å². The summed E-state index contributed by atoms with van der Waals surface area (Å²) in [5, 5.41) is 5.81. The third kappa shape index (κ3) is 5.11. The predicted molar refractivity (Wildman–Crippen MR) is 56.7 cm³/mol. The molecule has 0 aromatic carbocycles. The molecule has 5 heteroatoms. The second-order valence-electron chi connectivity index (χ2n) is 3.73. The van der Waals surface area contributed by atoms with Crippen LogP contribution in [0.2, 0.25) is 0 Å². The largest absolute Gasteiger partial charge is 0.378 e. The lowest BCUT2D eigenvalue weighted by molar-refractivity contribution is -0.122. The number of carbonyl (C=O) groups is 1. The molecule has 0 radical (unpaired) electrons. The molecule has 2 unspecified atom stereocenters. The molecular formula is C10H20N2O3. The van der Waals surface area contributed by atoms with Crippen LogP contribution in [0, 0.1) is 0 Å². The van der Waals surface area contributed by atoms with Gasteiger partial charge in [0, 0.05) is 26.6 Å². The molecule has 88 valence electrons. The van der Waals surface area contributed by atoms with Gasteiger partial charge in [-0.25, -0.2) is 0 Å². The Morgan fingerprint density at radius 3 is 3.07 bits per heavy atom. The van der Waals surface area contributed by atoms with Crippen molar-refractivity contribution >= 4 is 5.91 Å². The number of nitrogens with one attached hydrogen (secondary N) is 2. The van der Waals surface area contributed by atoms with Crippen molar-refractivity contribution in [2.75, 3.05) is 33.4 Å². The van der Waals surface area contributed by atoms with Crippen molar-refractivity contribution < 1.29 is 14.3 Å².